The van der Waals surface area contributed by atoms with E-state index >= 15 is 0 Å². The average Bonchev–Trinajstić information content (AvgIpc) is 2.51. The molecule has 4 nitrogen and oxygen atoms in total. The van der Waals surface area contributed by atoms with E-state index in [4.69, 9.17) is 9.47 Å². The van der Waals surface area contributed by atoms with Crippen molar-refractivity contribution in [3.63, 3.8) is 0 Å². The SMILES string of the molecule is CN(C)COCOc1ccc(CNc2ccccc2)cc1. The maximum Gasteiger partial charge on any atom is 0.190 e. The van der Waals surface area contributed by atoms with Gasteiger partial charge < -0.3 is 14.8 Å². The second-order valence-electron chi connectivity index (χ2n) is 5.04. The van der Waals surface area contributed by atoms with E-state index in [2.05, 4.69) is 29.6 Å². The van der Waals surface area contributed by atoms with E-state index in [1.165, 1.54) is 5.56 Å². The van der Waals surface area contributed by atoms with Crippen LogP contribution in [0.15, 0.2) is 54.6 Å². The first-order valence-electron chi connectivity index (χ1n) is 6.97. The molecular formula is C17H22N2O2. The number of nitrogens with one attached hydrogen (secondary N) is 1. The fraction of sp³-hybridized carbons (Fsp3) is 0.294. The Morgan fingerprint density at radius 3 is 2.33 bits per heavy atom. The summed E-state index contributed by atoms with van der Waals surface area (Å²) in [5.41, 5.74) is 2.33. The van der Waals surface area contributed by atoms with Crippen LogP contribution in [0.1, 0.15) is 5.56 Å². The number of hydrogen-bond acceptors (Lipinski definition) is 4. The van der Waals surface area contributed by atoms with Gasteiger partial charge in [-0.15, -0.1) is 0 Å². The molecule has 0 aliphatic heterocycles. The molecule has 0 spiro atoms. The number of hydrogen-bond donors (Lipinski definition) is 1. The fourth-order valence-corrected chi connectivity index (χ4v) is 1.79. The van der Waals surface area contributed by atoms with Crippen LogP contribution in [0.5, 0.6) is 5.75 Å². The minimum atomic E-state index is 0.264. The third-order valence-corrected chi connectivity index (χ3v) is 2.85. The van der Waals surface area contributed by atoms with E-state index in [1.807, 2.05) is 49.3 Å². The number of ether oxygens (including phenoxy) is 2. The molecule has 2 rings (SSSR count). The molecule has 0 aromatic heterocycles. The first-order chi connectivity index (χ1) is 10.2. The van der Waals surface area contributed by atoms with Gasteiger partial charge in [-0.25, -0.2) is 0 Å². The van der Waals surface area contributed by atoms with Crippen LogP contribution in [0, 0.1) is 0 Å². The summed E-state index contributed by atoms with van der Waals surface area (Å²) in [6, 6.07) is 18.2. The number of anilines is 1. The summed E-state index contributed by atoms with van der Waals surface area (Å²) in [5, 5.41) is 3.37. The Hall–Kier alpha value is -2.04. The maximum absolute atomic E-state index is 5.50. The number of nitrogens with zero attached hydrogens (tertiary/aromatic N) is 1. The highest BCUT2D eigenvalue weighted by molar-refractivity contribution is 5.43. The zero-order valence-electron chi connectivity index (χ0n) is 12.6. The van der Waals surface area contributed by atoms with Crippen molar-refractivity contribution in [2.45, 2.75) is 6.54 Å². The fourth-order valence-electron chi connectivity index (χ4n) is 1.79. The molecule has 2 aromatic carbocycles. The Bertz CT molecular complexity index is 512. The Kier molecular flexibility index (Phi) is 6.06. The van der Waals surface area contributed by atoms with Crippen molar-refractivity contribution < 1.29 is 9.47 Å². The highest BCUT2D eigenvalue weighted by atomic mass is 16.7. The van der Waals surface area contributed by atoms with Gasteiger partial charge in [0.25, 0.3) is 0 Å². The highest BCUT2D eigenvalue weighted by Crippen LogP contribution is 2.14. The van der Waals surface area contributed by atoms with E-state index in [-0.39, 0.29) is 6.79 Å². The monoisotopic (exact) mass is 286 g/mol. The van der Waals surface area contributed by atoms with Crippen molar-refractivity contribution >= 4 is 5.69 Å². The quantitative estimate of drug-likeness (QED) is 0.597. The Morgan fingerprint density at radius 1 is 0.952 bits per heavy atom. The molecule has 0 fully saturated rings. The lowest BCUT2D eigenvalue weighted by molar-refractivity contribution is -0.0274. The lowest BCUT2D eigenvalue weighted by Crippen LogP contribution is -2.18. The van der Waals surface area contributed by atoms with Crippen LogP contribution in [0.2, 0.25) is 0 Å². The van der Waals surface area contributed by atoms with Crippen LogP contribution < -0.4 is 10.1 Å². The molecule has 1 N–H and O–H groups in total. The van der Waals surface area contributed by atoms with Crippen molar-refractivity contribution in [1.82, 2.24) is 4.90 Å². The molecule has 0 atom stereocenters. The molecule has 0 aliphatic carbocycles. The predicted molar refractivity (Wildman–Crippen MR) is 85.3 cm³/mol. The number of benzene rings is 2. The minimum absolute atomic E-state index is 0.264. The van der Waals surface area contributed by atoms with Crippen molar-refractivity contribution in [3.8, 4) is 5.75 Å². The molecule has 0 aliphatic rings. The zero-order chi connectivity index (χ0) is 14.9. The summed E-state index contributed by atoms with van der Waals surface area (Å²) in [6.07, 6.45) is 0. The summed E-state index contributed by atoms with van der Waals surface area (Å²) in [4.78, 5) is 1.95. The van der Waals surface area contributed by atoms with E-state index in [1.54, 1.807) is 0 Å². The molecule has 0 radical (unpaired) electrons. The molecule has 0 amide bonds. The van der Waals surface area contributed by atoms with Crippen molar-refractivity contribution in [2.75, 3.05) is 32.9 Å². The molecule has 0 bridgehead atoms. The van der Waals surface area contributed by atoms with E-state index in [0.29, 0.717) is 6.73 Å². The lowest BCUT2D eigenvalue weighted by atomic mass is 10.2. The van der Waals surface area contributed by atoms with Gasteiger partial charge in [0.1, 0.15) is 12.5 Å². The van der Waals surface area contributed by atoms with Gasteiger partial charge in [0, 0.05) is 12.2 Å². The number of rotatable bonds is 8. The Morgan fingerprint density at radius 2 is 1.67 bits per heavy atom. The Balaban J connectivity index is 1.74. The second-order valence-corrected chi connectivity index (χ2v) is 5.04. The maximum atomic E-state index is 5.50. The van der Waals surface area contributed by atoms with E-state index < -0.39 is 0 Å². The van der Waals surface area contributed by atoms with Crippen LogP contribution in [-0.2, 0) is 11.3 Å². The van der Waals surface area contributed by atoms with Crippen LogP contribution in [0.3, 0.4) is 0 Å². The topological polar surface area (TPSA) is 33.7 Å². The van der Waals surface area contributed by atoms with Gasteiger partial charge in [0.2, 0.25) is 0 Å². The van der Waals surface area contributed by atoms with Crippen LogP contribution in [0.4, 0.5) is 5.69 Å². The first-order valence-corrected chi connectivity index (χ1v) is 6.97. The average molecular weight is 286 g/mol. The predicted octanol–water partition coefficient (Wildman–Crippen LogP) is 3.17. The first kappa shape index (κ1) is 15.4. The molecule has 0 unspecified atom stereocenters. The molecule has 21 heavy (non-hydrogen) atoms. The third kappa shape index (κ3) is 5.85. The summed E-state index contributed by atoms with van der Waals surface area (Å²) in [7, 11) is 3.91. The Labute approximate surface area is 126 Å². The van der Waals surface area contributed by atoms with Crippen molar-refractivity contribution in [1.29, 1.82) is 0 Å². The minimum Gasteiger partial charge on any atom is -0.468 e. The summed E-state index contributed by atoms with van der Waals surface area (Å²) in [5.74, 6) is 0.817. The lowest BCUT2D eigenvalue weighted by Gasteiger charge is -2.12. The molecule has 0 heterocycles. The largest absolute Gasteiger partial charge is 0.468 e. The molecule has 2 aromatic rings. The summed E-state index contributed by atoms with van der Waals surface area (Å²) in [6.45, 7) is 1.61. The van der Waals surface area contributed by atoms with Gasteiger partial charge in [-0.2, -0.15) is 0 Å². The van der Waals surface area contributed by atoms with Crippen molar-refractivity contribution in [2.24, 2.45) is 0 Å². The second kappa shape index (κ2) is 8.29. The third-order valence-electron chi connectivity index (χ3n) is 2.85. The van der Waals surface area contributed by atoms with Crippen LogP contribution >= 0.6 is 0 Å². The molecule has 112 valence electrons. The smallest absolute Gasteiger partial charge is 0.190 e. The number of para-hydroxylation sites is 1. The standard InChI is InChI=1S/C17H22N2O2/c1-19(2)13-20-14-21-17-10-8-15(9-11-17)12-18-16-6-4-3-5-7-16/h3-11,18H,12-14H2,1-2H3. The van der Waals surface area contributed by atoms with E-state index in [0.717, 1.165) is 18.0 Å². The molecule has 0 saturated heterocycles. The van der Waals surface area contributed by atoms with E-state index in [9.17, 15) is 0 Å². The zero-order valence-corrected chi connectivity index (χ0v) is 12.6. The van der Waals surface area contributed by atoms with Crippen molar-refractivity contribution in [3.05, 3.63) is 60.2 Å². The summed E-state index contributed by atoms with van der Waals surface area (Å²) >= 11 is 0. The van der Waals surface area contributed by atoms with Gasteiger partial charge in [0.15, 0.2) is 6.79 Å². The molecular weight excluding hydrogens is 264 g/mol. The molecule has 4 heteroatoms. The summed E-state index contributed by atoms with van der Waals surface area (Å²) < 4.78 is 10.8. The van der Waals surface area contributed by atoms with Gasteiger partial charge in [-0.05, 0) is 43.9 Å². The van der Waals surface area contributed by atoms with Gasteiger partial charge in [0.05, 0.1) is 0 Å². The molecule has 0 saturated carbocycles. The van der Waals surface area contributed by atoms with Gasteiger partial charge in [-0.3, -0.25) is 4.90 Å². The van der Waals surface area contributed by atoms with Gasteiger partial charge in [-0.1, -0.05) is 30.3 Å². The normalized spacial score (nSPS) is 10.6. The van der Waals surface area contributed by atoms with Crippen LogP contribution in [-0.4, -0.2) is 32.5 Å². The highest BCUT2D eigenvalue weighted by Gasteiger charge is 1.97. The van der Waals surface area contributed by atoms with Gasteiger partial charge >= 0.3 is 0 Å². The van der Waals surface area contributed by atoms with Crippen LogP contribution in [0.25, 0.3) is 0 Å².